The third-order valence-corrected chi connectivity index (χ3v) is 4.78. The van der Waals surface area contributed by atoms with Crippen LogP contribution in [0.2, 0.25) is 0 Å². The van der Waals surface area contributed by atoms with Gasteiger partial charge in [0.15, 0.2) is 17.5 Å². The molecule has 1 unspecified atom stereocenters. The van der Waals surface area contributed by atoms with Crippen LogP contribution < -0.4 is 20.1 Å². The fourth-order valence-electron chi connectivity index (χ4n) is 3.20. The van der Waals surface area contributed by atoms with Crippen molar-refractivity contribution in [3.05, 3.63) is 66.1 Å². The van der Waals surface area contributed by atoms with Crippen molar-refractivity contribution < 1.29 is 9.47 Å². The molecule has 0 amide bonds. The number of nitrogens with one attached hydrogen (secondary N) is 3. The second kappa shape index (κ2) is 11.1. The average Bonchev–Trinajstić information content (AvgIpc) is 3.27. The number of aliphatic imine (C=N–C) groups is 1. The fraction of sp³-hybridized carbons (Fsp3) is 0.333. The molecule has 3 rings (SSSR count). The Bertz CT molecular complexity index is 985. The minimum absolute atomic E-state index is 0.0255. The summed E-state index contributed by atoms with van der Waals surface area (Å²) in [5.74, 6) is 3.04. The van der Waals surface area contributed by atoms with E-state index in [2.05, 4.69) is 44.7 Å². The van der Waals surface area contributed by atoms with Gasteiger partial charge in [0.25, 0.3) is 0 Å². The molecule has 164 valence electrons. The number of nitrogens with zero attached hydrogens (tertiary/aromatic N) is 2. The first-order valence-corrected chi connectivity index (χ1v) is 10.6. The summed E-state index contributed by atoms with van der Waals surface area (Å²) in [6.45, 7) is 7.73. The number of imidazole rings is 1. The van der Waals surface area contributed by atoms with E-state index in [1.807, 2.05) is 56.4 Å². The van der Waals surface area contributed by atoms with Crippen LogP contribution in [-0.2, 0) is 6.54 Å². The molecule has 7 heteroatoms. The summed E-state index contributed by atoms with van der Waals surface area (Å²) >= 11 is 0. The van der Waals surface area contributed by atoms with E-state index in [4.69, 9.17) is 9.47 Å². The molecule has 0 fully saturated rings. The van der Waals surface area contributed by atoms with Crippen LogP contribution in [0.4, 0.5) is 0 Å². The van der Waals surface area contributed by atoms with Crippen molar-refractivity contribution in [2.24, 2.45) is 4.99 Å². The number of hydrogen-bond acceptors (Lipinski definition) is 4. The van der Waals surface area contributed by atoms with Crippen molar-refractivity contribution in [1.82, 2.24) is 20.6 Å². The van der Waals surface area contributed by atoms with Gasteiger partial charge in [-0.3, -0.25) is 4.99 Å². The summed E-state index contributed by atoms with van der Waals surface area (Å²) in [6.07, 6.45) is 1.85. The fourth-order valence-corrected chi connectivity index (χ4v) is 3.20. The van der Waals surface area contributed by atoms with E-state index in [0.717, 1.165) is 34.1 Å². The van der Waals surface area contributed by atoms with Gasteiger partial charge in [0, 0.05) is 7.05 Å². The molecule has 0 aliphatic heterocycles. The van der Waals surface area contributed by atoms with E-state index in [0.29, 0.717) is 25.7 Å². The van der Waals surface area contributed by atoms with Gasteiger partial charge < -0.3 is 25.1 Å². The molecule has 0 saturated heterocycles. The van der Waals surface area contributed by atoms with E-state index in [1.54, 1.807) is 7.05 Å². The Morgan fingerprint density at radius 2 is 1.81 bits per heavy atom. The van der Waals surface area contributed by atoms with Crippen LogP contribution in [0.5, 0.6) is 11.5 Å². The van der Waals surface area contributed by atoms with E-state index < -0.39 is 0 Å². The number of benzene rings is 2. The molecular weight excluding hydrogens is 390 g/mol. The number of aromatic nitrogens is 2. The van der Waals surface area contributed by atoms with Gasteiger partial charge in [-0.1, -0.05) is 36.4 Å². The molecule has 3 N–H and O–H groups in total. The lowest BCUT2D eigenvalue weighted by Crippen LogP contribution is -2.38. The lowest BCUT2D eigenvalue weighted by atomic mass is 10.1. The van der Waals surface area contributed by atoms with Crippen LogP contribution in [0, 0.1) is 0 Å². The molecular formula is C24H31N5O2. The standard InChI is InChI=1S/C24H31N5O2/c1-5-30-21-13-12-19(14-22(21)31-6-2)17(3)28-24(25-4)27-16-23-26-15-20(29-23)18-10-8-7-9-11-18/h7-15,17H,5-6,16H2,1-4H3,(H,26,29)(H2,25,27,28). The first-order chi connectivity index (χ1) is 15.1. The number of H-pyrrole nitrogens is 1. The summed E-state index contributed by atoms with van der Waals surface area (Å²) in [4.78, 5) is 12.1. The summed E-state index contributed by atoms with van der Waals surface area (Å²) in [5.41, 5.74) is 3.18. The number of aromatic amines is 1. The minimum Gasteiger partial charge on any atom is -0.490 e. The van der Waals surface area contributed by atoms with Crippen molar-refractivity contribution in [3.63, 3.8) is 0 Å². The molecule has 2 aromatic carbocycles. The van der Waals surface area contributed by atoms with Crippen LogP contribution in [0.25, 0.3) is 11.3 Å². The largest absolute Gasteiger partial charge is 0.490 e. The molecule has 1 aromatic heterocycles. The summed E-state index contributed by atoms with van der Waals surface area (Å²) in [6, 6.07) is 16.2. The molecule has 0 saturated carbocycles. The van der Waals surface area contributed by atoms with Crippen LogP contribution in [0.3, 0.4) is 0 Å². The predicted octanol–water partition coefficient (Wildman–Crippen LogP) is 4.30. The molecule has 7 nitrogen and oxygen atoms in total. The third kappa shape index (κ3) is 6.01. The molecule has 31 heavy (non-hydrogen) atoms. The zero-order valence-corrected chi connectivity index (χ0v) is 18.6. The maximum absolute atomic E-state index is 5.74. The highest BCUT2D eigenvalue weighted by atomic mass is 16.5. The lowest BCUT2D eigenvalue weighted by molar-refractivity contribution is 0.287. The highest BCUT2D eigenvalue weighted by Gasteiger charge is 2.13. The Kier molecular flexibility index (Phi) is 7.92. The number of guanidine groups is 1. The van der Waals surface area contributed by atoms with Crippen molar-refractivity contribution in [2.75, 3.05) is 20.3 Å². The normalized spacial score (nSPS) is 12.3. The van der Waals surface area contributed by atoms with Gasteiger partial charge in [-0.2, -0.15) is 0 Å². The quantitative estimate of drug-likeness (QED) is 0.354. The van der Waals surface area contributed by atoms with Crippen molar-refractivity contribution >= 4 is 5.96 Å². The SMILES string of the molecule is CCOc1ccc(C(C)NC(=NC)NCc2ncc(-c3ccccc3)[nH]2)cc1OCC. The molecule has 0 radical (unpaired) electrons. The van der Waals surface area contributed by atoms with Crippen molar-refractivity contribution in [3.8, 4) is 22.8 Å². The Morgan fingerprint density at radius 3 is 2.52 bits per heavy atom. The Morgan fingerprint density at radius 1 is 1.06 bits per heavy atom. The van der Waals surface area contributed by atoms with Gasteiger partial charge in [-0.25, -0.2) is 4.98 Å². The van der Waals surface area contributed by atoms with Crippen molar-refractivity contribution in [2.45, 2.75) is 33.4 Å². The van der Waals surface area contributed by atoms with E-state index in [1.165, 1.54) is 0 Å². The Balaban J connectivity index is 1.61. The van der Waals surface area contributed by atoms with Gasteiger partial charge in [0.1, 0.15) is 5.82 Å². The smallest absolute Gasteiger partial charge is 0.191 e. The first kappa shape index (κ1) is 22.2. The monoisotopic (exact) mass is 421 g/mol. The maximum Gasteiger partial charge on any atom is 0.191 e. The highest BCUT2D eigenvalue weighted by Crippen LogP contribution is 2.30. The minimum atomic E-state index is 0.0255. The number of ether oxygens (including phenoxy) is 2. The molecule has 0 aliphatic carbocycles. The second-order valence-electron chi connectivity index (χ2n) is 6.97. The Labute approximate surface area is 183 Å². The maximum atomic E-state index is 5.74. The zero-order valence-electron chi connectivity index (χ0n) is 18.6. The molecule has 0 spiro atoms. The summed E-state index contributed by atoms with van der Waals surface area (Å²) in [5, 5.41) is 6.73. The highest BCUT2D eigenvalue weighted by molar-refractivity contribution is 5.80. The number of rotatable bonds is 9. The van der Waals surface area contributed by atoms with E-state index in [-0.39, 0.29) is 6.04 Å². The van der Waals surface area contributed by atoms with Crippen LogP contribution in [0.15, 0.2) is 59.7 Å². The van der Waals surface area contributed by atoms with Crippen LogP contribution in [-0.4, -0.2) is 36.2 Å². The van der Waals surface area contributed by atoms with Crippen LogP contribution in [0.1, 0.15) is 38.2 Å². The zero-order chi connectivity index (χ0) is 22.1. The van der Waals surface area contributed by atoms with Crippen molar-refractivity contribution in [1.29, 1.82) is 0 Å². The van der Waals surface area contributed by atoms with Crippen LogP contribution >= 0.6 is 0 Å². The van der Waals surface area contributed by atoms with Gasteiger partial charge in [-0.05, 0) is 44.0 Å². The second-order valence-corrected chi connectivity index (χ2v) is 6.97. The summed E-state index contributed by atoms with van der Waals surface area (Å²) in [7, 11) is 1.75. The topological polar surface area (TPSA) is 83.6 Å². The Hall–Kier alpha value is -3.48. The van der Waals surface area contributed by atoms with E-state index >= 15 is 0 Å². The molecule has 0 aliphatic rings. The molecule has 3 aromatic rings. The predicted molar refractivity (Wildman–Crippen MR) is 125 cm³/mol. The lowest BCUT2D eigenvalue weighted by Gasteiger charge is -2.19. The first-order valence-electron chi connectivity index (χ1n) is 10.6. The van der Waals surface area contributed by atoms with Gasteiger partial charge in [-0.15, -0.1) is 0 Å². The van der Waals surface area contributed by atoms with Gasteiger partial charge in [0.2, 0.25) is 0 Å². The molecule has 0 bridgehead atoms. The van der Waals surface area contributed by atoms with E-state index in [9.17, 15) is 0 Å². The summed E-state index contributed by atoms with van der Waals surface area (Å²) < 4.78 is 11.4. The molecule has 1 heterocycles. The average molecular weight is 422 g/mol. The third-order valence-electron chi connectivity index (χ3n) is 4.78. The number of hydrogen-bond donors (Lipinski definition) is 3. The molecule has 1 atom stereocenters. The van der Waals surface area contributed by atoms with Gasteiger partial charge >= 0.3 is 0 Å². The van der Waals surface area contributed by atoms with Gasteiger partial charge in [0.05, 0.1) is 37.7 Å².